The molecule has 2 N–H and O–H groups in total. The number of benzene rings is 2. The number of ether oxygens (including phenoxy) is 2. The van der Waals surface area contributed by atoms with Gasteiger partial charge < -0.3 is 24.3 Å². The van der Waals surface area contributed by atoms with Crippen molar-refractivity contribution in [3.63, 3.8) is 0 Å². The summed E-state index contributed by atoms with van der Waals surface area (Å²) >= 11 is 0. The van der Waals surface area contributed by atoms with Crippen molar-refractivity contribution in [3.05, 3.63) is 72.3 Å². The quantitative estimate of drug-likeness (QED) is 0.379. The number of hydrogen-bond donors (Lipinski definition) is 2. The van der Waals surface area contributed by atoms with E-state index < -0.39 is 24.0 Å². The van der Waals surface area contributed by atoms with Crippen LogP contribution in [0, 0.1) is 5.82 Å². The third-order valence-electron chi connectivity index (χ3n) is 5.54. The first kappa shape index (κ1) is 23.0. The standard InChI is InChI=1S/C24H21FN6O5/c1-14(32)26-9-16-10-31(24(34)36-16)15-6-7-21(17(25)8-15)30-11-20(27-13-30)23(33)35-12-22-28-18-4-2-3-5-19(18)29-22/h2-8,11,13,16H,9-10,12H2,1H3,(H,26,32)(H,28,29)/t16-/m0/s1. The summed E-state index contributed by atoms with van der Waals surface area (Å²) < 4.78 is 26.8. The smallest absolute Gasteiger partial charge is 0.414 e. The number of imidazole rings is 2. The van der Waals surface area contributed by atoms with Crippen molar-refractivity contribution >= 4 is 34.7 Å². The predicted octanol–water partition coefficient (Wildman–Crippen LogP) is 2.71. The van der Waals surface area contributed by atoms with Crippen molar-refractivity contribution in [3.8, 4) is 5.69 Å². The third kappa shape index (κ3) is 4.73. The Kier molecular flexibility index (Phi) is 6.07. The van der Waals surface area contributed by atoms with E-state index in [1.165, 1.54) is 41.0 Å². The van der Waals surface area contributed by atoms with E-state index in [1.807, 2.05) is 24.3 Å². The molecule has 12 heteroatoms. The fraction of sp³-hybridized carbons (Fsp3) is 0.208. The lowest BCUT2D eigenvalue weighted by molar-refractivity contribution is -0.119. The van der Waals surface area contributed by atoms with E-state index in [0.717, 1.165) is 11.0 Å². The highest BCUT2D eigenvalue weighted by Gasteiger charge is 2.32. The fourth-order valence-electron chi connectivity index (χ4n) is 3.81. The first-order valence-electron chi connectivity index (χ1n) is 11.0. The van der Waals surface area contributed by atoms with Gasteiger partial charge in [0.15, 0.2) is 5.69 Å². The van der Waals surface area contributed by atoms with E-state index in [-0.39, 0.29) is 37.0 Å². The molecule has 2 aromatic carbocycles. The van der Waals surface area contributed by atoms with E-state index >= 15 is 0 Å². The number of rotatable bonds is 7. The molecule has 4 aromatic rings. The van der Waals surface area contributed by atoms with Crippen LogP contribution in [0.15, 0.2) is 55.0 Å². The fourth-order valence-corrected chi connectivity index (χ4v) is 3.81. The van der Waals surface area contributed by atoms with E-state index in [9.17, 15) is 18.8 Å². The molecule has 36 heavy (non-hydrogen) atoms. The molecule has 1 aliphatic heterocycles. The van der Waals surface area contributed by atoms with Crippen molar-refractivity contribution in [1.82, 2.24) is 24.8 Å². The van der Waals surface area contributed by atoms with Gasteiger partial charge in [0.25, 0.3) is 0 Å². The number of cyclic esters (lactones) is 1. The van der Waals surface area contributed by atoms with Gasteiger partial charge in [-0.25, -0.2) is 23.9 Å². The average Bonchev–Trinajstić information content (AvgIpc) is 3.59. The monoisotopic (exact) mass is 492 g/mol. The zero-order chi connectivity index (χ0) is 25.2. The van der Waals surface area contributed by atoms with Gasteiger partial charge in [-0.2, -0.15) is 0 Å². The molecule has 1 atom stereocenters. The van der Waals surface area contributed by atoms with Crippen molar-refractivity contribution in [2.75, 3.05) is 18.0 Å². The van der Waals surface area contributed by atoms with Crippen LogP contribution in [0.25, 0.3) is 16.7 Å². The number of aromatic amines is 1. The van der Waals surface area contributed by atoms with E-state index in [2.05, 4.69) is 20.3 Å². The zero-order valence-electron chi connectivity index (χ0n) is 19.1. The molecular weight excluding hydrogens is 471 g/mol. The molecule has 0 radical (unpaired) electrons. The van der Waals surface area contributed by atoms with Crippen LogP contribution >= 0.6 is 0 Å². The van der Waals surface area contributed by atoms with Gasteiger partial charge in [-0.1, -0.05) is 12.1 Å². The van der Waals surface area contributed by atoms with Gasteiger partial charge in [-0.05, 0) is 30.3 Å². The summed E-state index contributed by atoms with van der Waals surface area (Å²) in [6, 6.07) is 11.7. The number of carbonyl (C=O) groups is 3. The first-order chi connectivity index (χ1) is 17.4. The topological polar surface area (TPSA) is 131 Å². The molecule has 11 nitrogen and oxygen atoms in total. The average molecular weight is 492 g/mol. The number of esters is 1. The Morgan fingerprint density at radius 3 is 2.89 bits per heavy atom. The van der Waals surface area contributed by atoms with Crippen LogP contribution in [-0.2, 0) is 20.9 Å². The second-order valence-corrected chi connectivity index (χ2v) is 8.13. The number of H-pyrrole nitrogens is 1. The number of nitrogens with zero attached hydrogens (tertiary/aromatic N) is 4. The maximum Gasteiger partial charge on any atom is 0.414 e. The van der Waals surface area contributed by atoms with Crippen molar-refractivity contribution in [2.24, 2.45) is 0 Å². The highest BCUT2D eigenvalue weighted by Crippen LogP contribution is 2.25. The number of anilines is 1. The third-order valence-corrected chi connectivity index (χ3v) is 5.54. The van der Waals surface area contributed by atoms with Gasteiger partial charge in [-0.3, -0.25) is 9.69 Å². The highest BCUT2D eigenvalue weighted by atomic mass is 19.1. The van der Waals surface area contributed by atoms with Gasteiger partial charge >= 0.3 is 12.1 Å². The van der Waals surface area contributed by atoms with Crippen LogP contribution in [0.3, 0.4) is 0 Å². The molecule has 2 aromatic heterocycles. The highest BCUT2D eigenvalue weighted by molar-refractivity contribution is 5.90. The number of nitrogens with one attached hydrogen (secondary N) is 2. The van der Waals surface area contributed by atoms with E-state index in [0.29, 0.717) is 11.5 Å². The van der Waals surface area contributed by atoms with Crippen LogP contribution in [0.2, 0.25) is 0 Å². The molecule has 3 heterocycles. The van der Waals surface area contributed by atoms with Gasteiger partial charge in [0, 0.05) is 13.1 Å². The number of hydrogen-bond acceptors (Lipinski definition) is 7. The normalized spacial score (nSPS) is 15.2. The van der Waals surface area contributed by atoms with E-state index in [4.69, 9.17) is 9.47 Å². The molecular formula is C24H21FN6O5. The molecule has 5 rings (SSSR count). The van der Waals surface area contributed by atoms with Crippen molar-refractivity contribution < 1.29 is 28.2 Å². The van der Waals surface area contributed by atoms with Gasteiger partial charge in [0.2, 0.25) is 5.91 Å². The zero-order valence-corrected chi connectivity index (χ0v) is 19.1. The molecule has 0 saturated carbocycles. The lowest BCUT2D eigenvalue weighted by Crippen LogP contribution is -2.33. The Bertz CT molecular complexity index is 1430. The Morgan fingerprint density at radius 1 is 1.28 bits per heavy atom. The van der Waals surface area contributed by atoms with Crippen molar-refractivity contribution in [1.29, 1.82) is 0 Å². The number of fused-ring (bicyclic) bond motifs is 1. The maximum atomic E-state index is 14.9. The summed E-state index contributed by atoms with van der Waals surface area (Å²) in [6.07, 6.45) is 1.48. The van der Waals surface area contributed by atoms with Gasteiger partial charge in [0.05, 0.1) is 35.5 Å². The maximum absolute atomic E-state index is 14.9. The molecule has 1 saturated heterocycles. The van der Waals surface area contributed by atoms with E-state index in [1.54, 1.807) is 6.07 Å². The van der Waals surface area contributed by atoms with Gasteiger partial charge in [-0.15, -0.1) is 0 Å². The van der Waals surface area contributed by atoms with Crippen LogP contribution in [0.1, 0.15) is 23.2 Å². The van der Waals surface area contributed by atoms with Crippen LogP contribution < -0.4 is 10.2 Å². The molecule has 2 amide bonds. The predicted molar refractivity (Wildman–Crippen MR) is 125 cm³/mol. The van der Waals surface area contributed by atoms with Gasteiger partial charge in [0.1, 0.15) is 30.7 Å². The molecule has 0 bridgehead atoms. The summed E-state index contributed by atoms with van der Waals surface area (Å²) in [5.41, 5.74) is 2.02. The second kappa shape index (κ2) is 9.49. The van der Waals surface area contributed by atoms with Crippen molar-refractivity contribution in [2.45, 2.75) is 19.6 Å². The van der Waals surface area contributed by atoms with Crippen LogP contribution in [0.5, 0.6) is 0 Å². The number of amides is 2. The largest absolute Gasteiger partial charge is 0.453 e. The molecule has 0 unspecified atom stereocenters. The summed E-state index contributed by atoms with van der Waals surface area (Å²) in [7, 11) is 0. The Balaban J connectivity index is 1.24. The minimum absolute atomic E-state index is 0.00137. The number of halogens is 1. The molecule has 1 fully saturated rings. The molecule has 184 valence electrons. The summed E-state index contributed by atoms with van der Waals surface area (Å²) in [5, 5.41) is 2.59. The molecule has 0 spiro atoms. The molecule has 0 aliphatic carbocycles. The lowest BCUT2D eigenvalue weighted by atomic mass is 10.2. The lowest BCUT2D eigenvalue weighted by Gasteiger charge is -2.14. The minimum atomic E-state index is -0.684. The summed E-state index contributed by atoms with van der Waals surface area (Å²) in [4.78, 5) is 48.4. The first-order valence-corrected chi connectivity index (χ1v) is 11.0. The SMILES string of the molecule is CC(=O)NC[C@H]1CN(c2ccc(-n3cnc(C(=O)OCc4nc5ccccc5[nH]4)c3)c(F)c2)C(=O)O1. The Morgan fingerprint density at radius 2 is 2.11 bits per heavy atom. The molecule has 1 aliphatic rings. The summed E-state index contributed by atoms with van der Waals surface area (Å²) in [6.45, 7) is 1.63. The number of para-hydroxylation sites is 2. The Hall–Kier alpha value is -4.74. The number of aromatic nitrogens is 4. The van der Waals surface area contributed by atoms with Crippen LogP contribution in [-0.4, -0.2) is 56.7 Å². The Labute approximate surface area is 203 Å². The minimum Gasteiger partial charge on any atom is -0.453 e. The summed E-state index contributed by atoms with van der Waals surface area (Å²) in [5.74, 6) is -1.06. The number of carbonyl (C=O) groups excluding carboxylic acids is 3. The van der Waals surface area contributed by atoms with Crippen LogP contribution in [0.4, 0.5) is 14.9 Å². The second-order valence-electron chi connectivity index (χ2n) is 8.13.